The Bertz CT molecular complexity index is 592. The van der Waals surface area contributed by atoms with E-state index in [0.717, 1.165) is 0 Å². The van der Waals surface area contributed by atoms with E-state index >= 15 is 0 Å². The molecule has 2 heterocycles. The van der Waals surface area contributed by atoms with Gasteiger partial charge in [-0.2, -0.15) is 0 Å². The van der Waals surface area contributed by atoms with Gasteiger partial charge in [-0.1, -0.05) is 11.6 Å². The Morgan fingerprint density at radius 1 is 1.59 bits per heavy atom. The molecule has 7 heteroatoms. The lowest BCUT2D eigenvalue weighted by molar-refractivity contribution is -0.0458. The third kappa shape index (κ3) is 4.51. The van der Waals surface area contributed by atoms with Gasteiger partial charge in [0.25, 0.3) is 11.5 Å². The SMILES string of the molecule is CC(C)=CCO[C@H]1CCOC[C@H]1NC(=O)c1ncc[nH]c1=O. The van der Waals surface area contributed by atoms with Gasteiger partial charge in [0.05, 0.1) is 25.4 Å². The number of H-pyrrole nitrogens is 1. The maximum absolute atomic E-state index is 12.1. The lowest BCUT2D eigenvalue weighted by Crippen LogP contribution is -2.51. The summed E-state index contributed by atoms with van der Waals surface area (Å²) in [6, 6.07) is -0.298. The minimum absolute atomic E-state index is 0.143. The first-order valence-electron chi connectivity index (χ1n) is 7.25. The van der Waals surface area contributed by atoms with E-state index in [1.54, 1.807) is 0 Å². The molecule has 7 nitrogen and oxygen atoms in total. The predicted molar refractivity (Wildman–Crippen MR) is 80.7 cm³/mol. The molecule has 0 saturated carbocycles. The first-order valence-corrected chi connectivity index (χ1v) is 7.25. The highest BCUT2D eigenvalue weighted by Gasteiger charge is 2.29. The summed E-state index contributed by atoms with van der Waals surface area (Å²) in [5, 5.41) is 2.77. The van der Waals surface area contributed by atoms with Crippen molar-refractivity contribution >= 4 is 5.91 Å². The molecule has 1 aliphatic heterocycles. The lowest BCUT2D eigenvalue weighted by atomic mass is 10.1. The number of rotatable bonds is 5. The molecule has 2 N–H and O–H groups in total. The Morgan fingerprint density at radius 2 is 2.41 bits per heavy atom. The van der Waals surface area contributed by atoms with Gasteiger partial charge in [-0.05, 0) is 20.3 Å². The van der Waals surface area contributed by atoms with Gasteiger partial charge in [0, 0.05) is 19.0 Å². The van der Waals surface area contributed by atoms with Crippen molar-refractivity contribution in [1.82, 2.24) is 15.3 Å². The van der Waals surface area contributed by atoms with Crippen molar-refractivity contribution in [2.24, 2.45) is 0 Å². The fraction of sp³-hybridized carbons (Fsp3) is 0.533. The number of nitrogens with one attached hydrogen (secondary N) is 2. The Morgan fingerprint density at radius 3 is 3.14 bits per heavy atom. The molecule has 1 saturated heterocycles. The summed E-state index contributed by atoms with van der Waals surface area (Å²) in [4.78, 5) is 30.0. The highest BCUT2D eigenvalue weighted by Crippen LogP contribution is 2.12. The molecular formula is C15H21N3O4. The third-order valence-corrected chi connectivity index (χ3v) is 3.33. The van der Waals surface area contributed by atoms with E-state index in [1.807, 2.05) is 19.9 Å². The molecule has 0 aromatic carbocycles. The van der Waals surface area contributed by atoms with Crippen molar-refractivity contribution in [2.75, 3.05) is 19.8 Å². The van der Waals surface area contributed by atoms with Gasteiger partial charge in [0.2, 0.25) is 0 Å². The van der Waals surface area contributed by atoms with E-state index in [4.69, 9.17) is 9.47 Å². The number of hydrogen-bond acceptors (Lipinski definition) is 5. The van der Waals surface area contributed by atoms with Crippen LogP contribution >= 0.6 is 0 Å². The number of amides is 1. The quantitative estimate of drug-likeness (QED) is 0.779. The van der Waals surface area contributed by atoms with Gasteiger partial charge in [-0.3, -0.25) is 9.59 Å². The molecular weight excluding hydrogens is 286 g/mol. The number of carbonyl (C=O) groups excluding carboxylic acids is 1. The topological polar surface area (TPSA) is 93.3 Å². The lowest BCUT2D eigenvalue weighted by Gasteiger charge is -2.31. The fourth-order valence-corrected chi connectivity index (χ4v) is 2.14. The fourth-order valence-electron chi connectivity index (χ4n) is 2.14. The summed E-state index contributed by atoms with van der Waals surface area (Å²) in [6.07, 6.45) is 5.29. The normalized spacial score (nSPS) is 21.2. The zero-order valence-corrected chi connectivity index (χ0v) is 12.8. The monoisotopic (exact) mass is 307 g/mol. The third-order valence-electron chi connectivity index (χ3n) is 3.33. The Kier molecular flexibility index (Phi) is 5.85. The van der Waals surface area contributed by atoms with Crippen molar-refractivity contribution in [1.29, 1.82) is 0 Å². The number of aromatic nitrogens is 2. The molecule has 1 fully saturated rings. The van der Waals surface area contributed by atoms with Crippen LogP contribution in [0.5, 0.6) is 0 Å². The minimum atomic E-state index is -0.520. The van der Waals surface area contributed by atoms with Gasteiger partial charge < -0.3 is 19.8 Å². The highest BCUT2D eigenvalue weighted by molar-refractivity contribution is 5.92. The van der Waals surface area contributed by atoms with Crippen LogP contribution in [-0.4, -0.2) is 47.8 Å². The predicted octanol–water partition coefficient (Wildman–Crippen LogP) is 0.640. The summed E-state index contributed by atoms with van der Waals surface area (Å²) in [7, 11) is 0. The molecule has 0 radical (unpaired) electrons. The van der Waals surface area contributed by atoms with Crippen molar-refractivity contribution in [2.45, 2.75) is 32.4 Å². The number of hydrogen-bond donors (Lipinski definition) is 2. The highest BCUT2D eigenvalue weighted by atomic mass is 16.5. The van der Waals surface area contributed by atoms with Crippen LogP contribution in [0.25, 0.3) is 0 Å². The van der Waals surface area contributed by atoms with E-state index in [0.29, 0.717) is 26.2 Å². The molecule has 0 bridgehead atoms. The maximum Gasteiger partial charge on any atom is 0.279 e. The summed E-state index contributed by atoms with van der Waals surface area (Å²) in [5.41, 5.74) is 0.502. The van der Waals surface area contributed by atoms with E-state index in [2.05, 4.69) is 15.3 Å². The average Bonchev–Trinajstić information content (AvgIpc) is 2.49. The molecule has 2 rings (SSSR count). The molecule has 1 amide bonds. The average molecular weight is 307 g/mol. The standard InChI is InChI=1S/C15H21N3O4/c1-10(2)3-8-22-12-4-7-21-9-11(12)18-15(20)13-14(19)17-6-5-16-13/h3,5-6,11-12H,4,7-9H2,1-2H3,(H,17,19)(H,18,20)/t11-,12+/m1/s1. The minimum Gasteiger partial charge on any atom is -0.379 e. The van der Waals surface area contributed by atoms with Crippen LogP contribution in [0.2, 0.25) is 0 Å². The van der Waals surface area contributed by atoms with Crippen molar-refractivity contribution in [3.05, 3.63) is 40.1 Å². The number of ether oxygens (including phenoxy) is 2. The van der Waals surface area contributed by atoms with E-state index in [-0.39, 0.29) is 17.8 Å². The summed E-state index contributed by atoms with van der Waals surface area (Å²) in [6.45, 7) is 5.44. The molecule has 1 aromatic rings. The van der Waals surface area contributed by atoms with Gasteiger partial charge in [-0.15, -0.1) is 0 Å². The second kappa shape index (κ2) is 7.86. The first kappa shape index (κ1) is 16.4. The number of nitrogens with zero attached hydrogens (tertiary/aromatic N) is 1. The summed E-state index contributed by atoms with van der Waals surface area (Å²) >= 11 is 0. The molecule has 2 atom stereocenters. The maximum atomic E-state index is 12.1. The molecule has 0 unspecified atom stereocenters. The van der Waals surface area contributed by atoms with E-state index in [1.165, 1.54) is 18.0 Å². The van der Waals surface area contributed by atoms with Crippen molar-refractivity contribution in [3.8, 4) is 0 Å². The van der Waals surface area contributed by atoms with Crippen LogP contribution < -0.4 is 10.9 Å². The van der Waals surface area contributed by atoms with Gasteiger partial charge in [0.15, 0.2) is 5.69 Å². The Balaban J connectivity index is 1.99. The van der Waals surface area contributed by atoms with Gasteiger partial charge in [0.1, 0.15) is 0 Å². The van der Waals surface area contributed by atoms with Crippen LogP contribution in [0.15, 0.2) is 28.8 Å². The van der Waals surface area contributed by atoms with Crippen LogP contribution in [0, 0.1) is 0 Å². The Hall–Kier alpha value is -1.99. The van der Waals surface area contributed by atoms with Gasteiger partial charge >= 0.3 is 0 Å². The second-order valence-corrected chi connectivity index (χ2v) is 5.36. The molecule has 1 aromatic heterocycles. The summed E-state index contributed by atoms with van der Waals surface area (Å²) in [5.74, 6) is -0.520. The molecule has 22 heavy (non-hydrogen) atoms. The molecule has 120 valence electrons. The number of aromatic amines is 1. The van der Waals surface area contributed by atoms with Crippen molar-refractivity contribution < 1.29 is 14.3 Å². The van der Waals surface area contributed by atoms with Crippen LogP contribution in [0.4, 0.5) is 0 Å². The smallest absolute Gasteiger partial charge is 0.279 e. The van der Waals surface area contributed by atoms with E-state index < -0.39 is 11.5 Å². The molecule has 1 aliphatic rings. The van der Waals surface area contributed by atoms with E-state index in [9.17, 15) is 9.59 Å². The Labute approximate surface area is 128 Å². The number of carbonyl (C=O) groups is 1. The second-order valence-electron chi connectivity index (χ2n) is 5.36. The first-order chi connectivity index (χ1) is 10.6. The molecule has 0 aliphatic carbocycles. The van der Waals surface area contributed by atoms with Crippen LogP contribution in [-0.2, 0) is 9.47 Å². The zero-order chi connectivity index (χ0) is 15.9. The summed E-state index contributed by atoms with van der Waals surface area (Å²) < 4.78 is 11.2. The zero-order valence-electron chi connectivity index (χ0n) is 12.8. The van der Waals surface area contributed by atoms with Crippen molar-refractivity contribution in [3.63, 3.8) is 0 Å². The number of allylic oxidation sites excluding steroid dienone is 1. The van der Waals surface area contributed by atoms with Gasteiger partial charge in [-0.25, -0.2) is 4.98 Å². The molecule has 0 spiro atoms. The van der Waals surface area contributed by atoms with Crippen LogP contribution in [0.3, 0.4) is 0 Å². The van der Waals surface area contributed by atoms with Crippen LogP contribution in [0.1, 0.15) is 30.8 Å². The largest absolute Gasteiger partial charge is 0.379 e.